The van der Waals surface area contributed by atoms with Gasteiger partial charge in [0.1, 0.15) is 6.61 Å². The fourth-order valence-electron chi connectivity index (χ4n) is 4.04. The number of hydrogen-bond acceptors (Lipinski definition) is 6. The van der Waals surface area contributed by atoms with Crippen LogP contribution >= 0.6 is 0 Å². The van der Waals surface area contributed by atoms with Gasteiger partial charge >= 0.3 is 12.1 Å². The van der Waals surface area contributed by atoms with E-state index in [2.05, 4.69) is 46.3 Å². The molecule has 2 saturated heterocycles. The molecule has 0 aliphatic carbocycles. The standard InChI is InChI=1S/C23H35N3O4/c1-2-3-4-5-9-12-22(27)29-18-21-20(24-23(28)30-21)17-25-13-15-26(16-14-25)19-10-7-6-8-11-19/h6-8,10-11,20-21H,2-5,9,12-18H2,1H3,(H,24,28)/t20-,21-/m1/s1. The van der Waals surface area contributed by atoms with E-state index in [-0.39, 0.29) is 18.6 Å². The van der Waals surface area contributed by atoms with Gasteiger partial charge in [-0.1, -0.05) is 50.8 Å². The lowest BCUT2D eigenvalue weighted by Crippen LogP contribution is -2.52. The van der Waals surface area contributed by atoms with Gasteiger partial charge in [-0.05, 0) is 18.6 Å². The quantitative estimate of drug-likeness (QED) is 0.440. The first-order chi connectivity index (χ1) is 14.7. The Morgan fingerprint density at radius 3 is 2.57 bits per heavy atom. The van der Waals surface area contributed by atoms with Crippen LogP contribution < -0.4 is 10.2 Å². The molecule has 1 aromatic carbocycles. The summed E-state index contributed by atoms with van der Waals surface area (Å²) in [7, 11) is 0. The van der Waals surface area contributed by atoms with Crippen LogP contribution in [0.25, 0.3) is 0 Å². The number of cyclic esters (lactones) is 1. The molecule has 1 aromatic rings. The van der Waals surface area contributed by atoms with E-state index >= 15 is 0 Å². The smallest absolute Gasteiger partial charge is 0.408 e. The summed E-state index contributed by atoms with van der Waals surface area (Å²) in [5, 5.41) is 2.88. The van der Waals surface area contributed by atoms with Crippen molar-refractivity contribution in [1.82, 2.24) is 10.2 Å². The topological polar surface area (TPSA) is 71.1 Å². The summed E-state index contributed by atoms with van der Waals surface area (Å²) < 4.78 is 10.7. The average Bonchev–Trinajstić information content (AvgIpc) is 3.12. The summed E-state index contributed by atoms with van der Waals surface area (Å²) in [5.41, 5.74) is 1.24. The monoisotopic (exact) mass is 417 g/mol. The van der Waals surface area contributed by atoms with Crippen molar-refractivity contribution in [3.05, 3.63) is 30.3 Å². The molecule has 2 aliphatic rings. The van der Waals surface area contributed by atoms with E-state index in [9.17, 15) is 9.59 Å². The molecule has 7 heteroatoms. The van der Waals surface area contributed by atoms with Gasteiger partial charge in [0.25, 0.3) is 0 Å². The number of carbonyl (C=O) groups excluding carboxylic acids is 2. The number of piperazine rings is 1. The van der Waals surface area contributed by atoms with Crippen LogP contribution in [0, 0.1) is 0 Å². The first-order valence-electron chi connectivity index (χ1n) is 11.3. The molecule has 2 aliphatic heterocycles. The maximum Gasteiger partial charge on any atom is 0.408 e. The van der Waals surface area contributed by atoms with Gasteiger partial charge in [-0.25, -0.2) is 4.79 Å². The lowest BCUT2D eigenvalue weighted by Gasteiger charge is -2.37. The molecule has 2 heterocycles. The number of alkyl carbamates (subject to hydrolysis) is 1. The molecule has 30 heavy (non-hydrogen) atoms. The second-order valence-electron chi connectivity index (χ2n) is 8.17. The first kappa shape index (κ1) is 22.4. The Bertz CT molecular complexity index is 662. The lowest BCUT2D eigenvalue weighted by atomic mass is 10.1. The predicted molar refractivity (Wildman–Crippen MR) is 117 cm³/mol. The summed E-state index contributed by atoms with van der Waals surface area (Å²) >= 11 is 0. The number of anilines is 1. The molecule has 0 bridgehead atoms. The number of nitrogens with one attached hydrogen (secondary N) is 1. The van der Waals surface area contributed by atoms with Crippen LogP contribution in [-0.2, 0) is 14.3 Å². The summed E-state index contributed by atoms with van der Waals surface area (Å²) in [5.74, 6) is -0.204. The van der Waals surface area contributed by atoms with Gasteiger partial charge in [0.15, 0.2) is 6.10 Å². The van der Waals surface area contributed by atoms with E-state index in [0.29, 0.717) is 13.0 Å². The highest BCUT2D eigenvalue weighted by molar-refractivity contribution is 5.71. The number of esters is 1. The van der Waals surface area contributed by atoms with Crippen LogP contribution in [0.2, 0.25) is 0 Å². The third-order valence-electron chi connectivity index (χ3n) is 5.85. The molecule has 0 saturated carbocycles. The molecular weight excluding hydrogens is 382 g/mol. The van der Waals surface area contributed by atoms with Crippen LogP contribution in [0.1, 0.15) is 45.4 Å². The molecular formula is C23H35N3O4. The fourth-order valence-corrected chi connectivity index (χ4v) is 4.04. The Morgan fingerprint density at radius 2 is 1.83 bits per heavy atom. The van der Waals surface area contributed by atoms with Crippen molar-refractivity contribution in [3.8, 4) is 0 Å². The van der Waals surface area contributed by atoms with Gasteiger partial charge in [-0.2, -0.15) is 0 Å². The highest BCUT2D eigenvalue weighted by Crippen LogP contribution is 2.17. The van der Waals surface area contributed by atoms with Gasteiger partial charge < -0.3 is 19.7 Å². The number of para-hydroxylation sites is 1. The average molecular weight is 418 g/mol. The Labute approximate surface area is 179 Å². The zero-order valence-corrected chi connectivity index (χ0v) is 18.1. The van der Waals surface area contributed by atoms with Gasteiger partial charge in [-0.3, -0.25) is 9.69 Å². The molecule has 0 aromatic heterocycles. The molecule has 0 spiro atoms. The van der Waals surface area contributed by atoms with Crippen molar-refractivity contribution in [2.75, 3.05) is 44.2 Å². The molecule has 2 atom stereocenters. The molecule has 166 valence electrons. The summed E-state index contributed by atoms with van der Waals surface area (Å²) in [6.45, 7) is 6.74. The van der Waals surface area contributed by atoms with E-state index in [0.717, 1.165) is 45.4 Å². The molecule has 7 nitrogen and oxygen atoms in total. The number of ether oxygens (including phenoxy) is 2. The van der Waals surface area contributed by atoms with E-state index < -0.39 is 12.2 Å². The molecule has 1 amide bonds. The second kappa shape index (κ2) is 11.8. The minimum Gasteiger partial charge on any atom is -0.462 e. The van der Waals surface area contributed by atoms with Crippen LogP contribution in [-0.4, -0.2) is 68.4 Å². The van der Waals surface area contributed by atoms with E-state index in [1.807, 2.05) is 6.07 Å². The van der Waals surface area contributed by atoms with Gasteiger partial charge in [0.2, 0.25) is 0 Å². The van der Waals surface area contributed by atoms with E-state index in [1.165, 1.54) is 18.5 Å². The van der Waals surface area contributed by atoms with Crippen molar-refractivity contribution in [2.45, 2.75) is 57.6 Å². The van der Waals surface area contributed by atoms with Crippen molar-refractivity contribution in [2.24, 2.45) is 0 Å². The lowest BCUT2D eigenvalue weighted by molar-refractivity contribution is -0.146. The Hall–Kier alpha value is -2.28. The van der Waals surface area contributed by atoms with Gasteiger partial charge in [0.05, 0.1) is 6.04 Å². The summed E-state index contributed by atoms with van der Waals surface area (Å²) in [6, 6.07) is 10.3. The Morgan fingerprint density at radius 1 is 1.10 bits per heavy atom. The Kier molecular flexibility index (Phi) is 8.81. The number of amides is 1. The van der Waals surface area contributed by atoms with E-state index in [4.69, 9.17) is 9.47 Å². The normalized spacial score (nSPS) is 21.9. The van der Waals surface area contributed by atoms with E-state index in [1.54, 1.807) is 0 Å². The van der Waals surface area contributed by atoms with Crippen molar-refractivity contribution in [1.29, 1.82) is 0 Å². The predicted octanol–water partition coefficient (Wildman–Crippen LogP) is 3.19. The number of carbonyl (C=O) groups is 2. The third kappa shape index (κ3) is 6.90. The van der Waals surface area contributed by atoms with Crippen molar-refractivity contribution < 1.29 is 19.1 Å². The SMILES string of the molecule is CCCCCCCC(=O)OC[C@H]1OC(=O)N[C@@H]1CN1CCN(c2ccccc2)CC1. The van der Waals surface area contributed by atoms with Crippen molar-refractivity contribution in [3.63, 3.8) is 0 Å². The minimum atomic E-state index is -0.427. The highest BCUT2D eigenvalue weighted by Gasteiger charge is 2.36. The molecule has 0 radical (unpaired) electrons. The molecule has 0 unspecified atom stereocenters. The maximum atomic E-state index is 12.0. The number of hydrogen-bond donors (Lipinski definition) is 1. The van der Waals surface area contributed by atoms with Crippen LogP contribution in [0.3, 0.4) is 0 Å². The van der Waals surface area contributed by atoms with Crippen LogP contribution in [0.4, 0.5) is 10.5 Å². The first-order valence-corrected chi connectivity index (χ1v) is 11.3. The Balaban J connectivity index is 1.37. The van der Waals surface area contributed by atoms with Gasteiger partial charge in [-0.15, -0.1) is 0 Å². The second-order valence-corrected chi connectivity index (χ2v) is 8.17. The molecule has 3 rings (SSSR count). The zero-order chi connectivity index (χ0) is 21.2. The number of benzene rings is 1. The fraction of sp³-hybridized carbons (Fsp3) is 0.652. The summed E-state index contributed by atoms with van der Waals surface area (Å²) in [4.78, 5) is 28.5. The maximum absolute atomic E-state index is 12.0. The number of rotatable bonds is 11. The van der Waals surface area contributed by atoms with Crippen LogP contribution in [0.5, 0.6) is 0 Å². The van der Waals surface area contributed by atoms with Gasteiger partial charge in [0, 0.05) is 44.8 Å². The largest absolute Gasteiger partial charge is 0.462 e. The third-order valence-corrected chi connectivity index (χ3v) is 5.85. The molecule has 2 fully saturated rings. The molecule has 1 N–H and O–H groups in total. The van der Waals surface area contributed by atoms with Crippen LogP contribution in [0.15, 0.2) is 30.3 Å². The minimum absolute atomic E-state index is 0.126. The number of nitrogens with zero attached hydrogens (tertiary/aromatic N) is 2. The van der Waals surface area contributed by atoms with Crippen molar-refractivity contribution >= 4 is 17.7 Å². The zero-order valence-electron chi connectivity index (χ0n) is 18.1. The summed E-state index contributed by atoms with van der Waals surface area (Å²) in [6.07, 6.45) is 5.05. The highest BCUT2D eigenvalue weighted by atomic mass is 16.6. The number of unbranched alkanes of at least 4 members (excludes halogenated alkanes) is 4.